The van der Waals surface area contributed by atoms with E-state index in [1.54, 1.807) is 24.3 Å². The van der Waals surface area contributed by atoms with Crippen LogP contribution in [0.15, 0.2) is 84.0 Å². The molecule has 8 heteroatoms. The Hall–Kier alpha value is -2.80. The Bertz CT molecular complexity index is 1150. The van der Waals surface area contributed by atoms with Crippen molar-refractivity contribution in [2.45, 2.75) is 5.16 Å². The topological polar surface area (TPSA) is 59.8 Å². The molecule has 3 aromatic carbocycles. The molecule has 5 nitrogen and oxygen atoms in total. The molecule has 150 valence electrons. The van der Waals surface area contributed by atoms with Crippen LogP contribution >= 0.6 is 35.0 Å². The van der Waals surface area contributed by atoms with Gasteiger partial charge >= 0.3 is 0 Å². The zero-order valence-corrected chi connectivity index (χ0v) is 18.0. The molecule has 1 heterocycles. The number of benzene rings is 3. The predicted octanol–water partition coefficient (Wildman–Crippen LogP) is 5.97. The van der Waals surface area contributed by atoms with Gasteiger partial charge in [0.25, 0.3) is 0 Å². The van der Waals surface area contributed by atoms with Crippen LogP contribution in [0.4, 0.5) is 5.69 Å². The number of hydrogen-bond donors (Lipinski definition) is 1. The molecule has 1 aromatic heterocycles. The number of hydrogen-bond acceptors (Lipinski definition) is 4. The van der Waals surface area contributed by atoms with E-state index in [-0.39, 0.29) is 11.7 Å². The van der Waals surface area contributed by atoms with E-state index in [1.807, 2.05) is 59.2 Å². The first kappa shape index (κ1) is 20.5. The largest absolute Gasteiger partial charge is 0.325 e. The van der Waals surface area contributed by atoms with E-state index in [9.17, 15) is 4.79 Å². The van der Waals surface area contributed by atoms with Crippen molar-refractivity contribution < 1.29 is 4.79 Å². The summed E-state index contributed by atoms with van der Waals surface area (Å²) in [4.78, 5) is 12.4. The number of nitrogens with zero attached hydrogens (tertiary/aromatic N) is 3. The van der Waals surface area contributed by atoms with Gasteiger partial charge in [-0.1, -0.05) is 53.2 Å². The average Bonchev–Trinajstić information content (AvgIpc) is 3.19. The third-order valence-electron chi connectivity index (χ3n) is 4.21. The lowest BCUT2D eigenvalue weighted by molar-refractivity contribution is -0.113. The molecule has 0 bridgehead atoms. The number of thioether (sulfide) groups is 1. The number of aromatic nitrogens is 3. The molecule has 4 aromatic rings. The summed E-state index contributed by atoms with van der Waals surface area (Å²) in [5, 5.41) is 13.4. The molecule has 0 unspecified atom stereocenters. The number of para-hydroxylation sites is 1. The molecule has 0 aliphatic heterocycles. The number of amides is 1. The summed E-state index contributed by atoms with van der Waals surface area (Å²) in [7, 11) is 0. The Balaban J connectivity index is 1.57. The van der Waals surface area contributed by atoms with Crippen LogP contribution in [0.1, 0.15) is 0 Å². The van der Waals surface area contributed by atoms with Crippen molar-refractivity contribution in [3.05, 3.63) is 88.9 Å². The average molecular weight is 455 g/mol. The summed E-state index contributed by atoms with van der Waals surface area (Å²) in [6.07, 6.45) is 0. The van der Waals surface area contributed by atoms with Crippen LogP contribution in [0, 0.1) is 0 Å². The molecule has 0 radical (unpaired) electrons. The van der Waals surface area contributed by atoms with Crippen LogP contribution in [-0.4, -0.2) is 26.4 Å². The van der Waals surface area contributed by atoms with Crippen molar-refractivity contribution in [1.29, 1.82) is 0 Å². The van der Waals surface area contributed by atoms with Crippen molar-refractivity contribution in [2.75, 3.05) is 11.1 Å². The highest BCUT2D eigenvalue weighted by molar-refractivity contribution is 7.99. The van der Waals surface area contributed by atoms with Gasteiger partial charge in [0.1, 0.15) is 0 Å². The summed E-state index contributed by atoms with van der Waals surface area (Å²) in [5.74, 6) is 0.727. The first-order valence-corrected chi connectivity index (χ1v) is 10.8. The lowest BCUT2D eigenvalue weighted by atomic mass is 10.2. The second kappa shape index (κ2) is 9.34. The Morgan fingerprint density at radius 3 is 2.17 bits per heavy atom. The molecule has 0 saturated carbocycles. The van der Waals surface area contributed by atoms with E-state index in [2.05, 4.69) is 15.5 Å². The number of anilines is 1. The fourth-order valence-electron chi connectivity index (χ4n) is 2.82. The summed E-state index contributed by atoms with van der Waals surface area (Å²) >= 11 is 13.2. The number of carbonyl (C=O) groups is 1. The Kier molecular flexibility index (Phi) is 6.38. The quantitative estimate of drug-likeness (QED) is 0.364. The third-order valence-corrected chi connectivity index (χ3v) is 5.64. The van der Waals surface area contributed by atoms with Gasteiger partial charge in [-0.3, -0.25) is 9.36 Å². The van der Waals surface area contributed by atoms with Gasteiger partial charge in [0.05, 0.1) is 5.75 Å². The summed E-state index contributed by atoms with van der Waals surface area (Å²) in [5.41, 5.74) is 2.48. The minimum atomic E-state index is -0.141. The van der Waals surface area contributed by atoms with Gasteiger partial charge in [-0.15, -0.1) is 10.2 Å². The van der Waals surface area contributed by atoms with Gasteiger partial charge in [-0.05, 0) is 60.7 Å². The van der Waals surface area contributed by atoms with E-state index in [0.29, 0.717) is 26.7 Å². The van der Waals surface area contributed by atoms with Gasteiger partial charge < -0.3 is 5.32 Å². The van der Waals surface area contributed by atoms with Crippen LogP contribution in [0.25, 0.3) is 17.1 Å². The van der Waals surface area contributed by atoms with Crippen molar-refractivity contribution in [3.63, 3.8) is 0 Å². The third kappa shape index (κ3) is 4.84. The molecule has 1 N–H and O–H groups in total. The first-order chi connectivity index (χ1) is 14.6. The SMILES string of the molecule is O=C(CSc1nnc(-c2ccc(Cl)cc2)n1-c1ccccc1)Nc1ccc(Cl)cc1. The maximum atomic E-state index is 12.4. The molecule has 0 aliphatic carbocycles. The molecule has 0 aliphatic rings. The number of nitrogens with one attached hydrogen (secondary N) is 1. The lowest BCUT2D eigenvalue weighted by Gasteiger charge is -2.10. The molecule has 4 rings (SSSR count). The molecule has 0 fully saturated rings. The first-order valence-electron chi connectivity index (χ1n) is 9.05. The molecular weight excluding hydrogens is 439 g/mol. The fourth-order valence-corrected chi connectivity index (χ4v) is 3.82. The van der Waals surface area contributed by atoms with Crippen molar-refractivity contribution in [3.8, 4) is 17.1 Å². The molecule has 30 heavy (non-hydrogen) atoms. The highest BCUT2D eigenvalue weighted by Gasteiger charge is 2.17. The van der Waals surface area contributed by atoms with Crippen LogP contribution < -0.4 is 5.32 Å². The van der Waals surface area contributed by atoms with E-state index in [0.717, 1.165) is 11.3 Å². The van der Waals surface area contributed by atoms with Gasteiger partial charge in [-0.2, -0.15) is 0 Å². The maximum absolute atomic E-state index is 12.4. The van der Waals surface area contributed by atoms with Crippen LogP contribution in [0.2, 0.25) is 10.0 Å². The second-order valence-electron chi connectivity index (χ2n) is 6.33. The van der Waals surface area contributed by atoms with E-state index < -0.39 is 0 Å². The van der Waals surface area contributed by atoms with Gasteiger partial charge in [0, 0.05) is 27.0 Å². The zero-order chi connectivity index (χ0) is 20.9. The predicted molar refractivity (Wildman–Crippen MR) is 123 cm³/mol. The highest BCUT2D eigenvalue weighted by Crippen LogP contribution is 2.28. The normalized spacial score (nSPS) is 10.7. The summed E-state index contributed by atoms with van der Waals surface area (Å²) < 4.78 is 1.93. The van der Waals surface area contributed by atoms with Gasteiger partial charge in [-0.25, -0.2) is 0 Å². The second-order valence-corrected chi connectivity index (χ2v) is 8.14. The van der Waals surface area contributed by atoms with Crippen LogP contribution in [0.5, 0.6) is 0 Å². The minimum Gasteiger partial charge on any atom is -0.325 e. The molecule has 1 amide bonds. The van der Waals surface area contributed by atoms with Gasteiger partial charge in [0.2, 0.25) is 5.91 Å². The van der Waals surface area contributed by atoms with Crippen molar-refractivity contribution >= 4 is 46.6 Å². The Morgan fingerprint density at radius 1 is 0.867 bits per heavy atom. The smallest absolute Gasteiger partial charge is 0.234 e. The van der Waals surface area contributed by atoms with Crippen LogP contribution in [-0.2, 0) is 4.79 Å². The monoisotopic (exact) mass is 454 g/mol. The van der Waals surface area contributed by atoms with E-state index in [1.165, 1.54) is 11.8 Å². The lowest BCUT2D eigenvalue weighted by Crippen LogP contribution is -2.14. The van der Waals surface area contributed by atoms with E-state index >= 15 is 0 Å². The number of rotatable bonds is 6. The number of carbonyl (C=O) groups excluding carboxylic acids is 1. The highest BCUT2D eigenvalue weighted by atomic mass is 35.5. The summed E-state index contributed by atoms with van der Waals surface area (Å²) in [6, 6.07) is 24.2. The Labute approximate surface area is 188 Å². The number of halogens is 2. The maximum Gasteiger partial charge on any atom is 0.234 e. The van der Waals surface area contributed by atoms with Gasteiger partial charge in [0.15, 0.2) is 11.0 Å². The van der Waals surface area contributed by atoms with Crippen LogP contribution in [0.3, 0.4) is 0 Å². The van der Waals surface area contributed by atoms with Crippen molar-refractivity contribution in [2.24, 2.45) is 0 Å². The fraction of sp³-hybridized carbons (Fsp3) is 0.0455. The molecule has 0 saturated heterocycles. The standard InChI is InChI=1S/C22H16Cl2N4OS/c23-16-8-6-15(7-9-16)21-26-27-22(28(21)19-4-2-1-3-5-19)30-14-20(29)25-18-12-10-17(24)11-13-18/h1-13H,14H2,(H,25,29). The van der Waals surface area contributed by atoms with E-state index in [4.69, 9.17) is 23.2 Å². The van der Waals surface area contributed by atoms with Crippen molar-refractivity contribution in [1.82, 2.24) is 14.8 Å². The molecule has 0 atom stereocenters. The molecule has 0 spiro atoms. The minimum absolute atomic E-state index is 0.141. The summed E-state index contributed by atoms with van der Waals surface area (Å²) in [6.45, 7) is 0. The zero-order valence-electron chi connectivity index (χ0n) is 15.6. The Morgan fingerprint density at radius 2 is 1.50 bits per heavy atom. The molecular formula is C22H16Cl2N4OS.